The van der Waals surface area contributed by atoms with Crippen LogP contribution in [0.1, 0.15) is 86.0 Å². The van der Waals surface area contributed by atoms with E-state index in [0.717, 1.165) is 5.92 Å². The zero-order valence-electron chi connectivity index (χ0n) is 20.9. The molecule has 0 spiro atoms. The predicted octanol–water partition coefficient (Wildman–Crippen LogP) is 5.98. The number of carbonyl (C=O) groups is 1. The molecule has 0 aromatic carbocycles. The summed E-state index contributed by atoms with van der Waals surface area (Å²) in [5.74, 6) is 1.25. The molecule has 0 aliphatic heterocycles. The van der Waals surface area contributed by atoms with Crippen molar-refractivity contribution in [1.29, 1.82) is 0 Å². The van der Waals surface area contributed by atoms with Crippen molar-refractivity contribution in [3.8, 4) is 0 Å². The summed E-state index contributed by atoms with van der Waals surface area (Å²) >= 11 is 0. The van der Waals surface area contributed by atoms with Gasteiger partial charge in [-0.3, -0.25) is 4.79 Å². The highest BCUT2D eigenvalue weighted by atomic mass is 28.3. The standard InChI is InChI=1S/C25H48O4Si/c1-18(17-26)23(20-13-12-19-11-9-10-16-25(19,20)5)29-22(15-14-21(27)28-6)30(7,8)24(2,3)4/h18-20,22-23,26H,9-17H2,1-8H3. The molecule has 0 saturated heterocycles. The van der Waals surface area contributed by atoms with Gasteiger partial charge in [0.25, 0.3) is 0 Å². The van der Waals surface area contributed by atoms with Gasteiger partial charge in [-0.25, -0.2) is 0 Å². The predicted molar refractivity (Wildman–Crippen MR) is 126 cm³/mol. The molecule has 176 valence electrons. The summed E-state index contributed by atoms with van der Waals surface area (Å²) in [5, 5.41) is 10.3. The van der Waals surface area contributed by atoms with E-state index in [2.05, 4.69) is 47.7 Å². The zero-order valence-corrected chi connectivity index (χ0v) is 21.9. The van der Waals surface area contributed by atoms with Crippen LogP contribution in [0.5, 0.6) is 0 Å². The Hall–Kier alpha value is -0.393. The summed E-state index contributed by atoms with van der Waals surface area (Å²) < 4.78 is 12.0. The molecule has 4 nitrogen and oxygen atoms in total. The van der Waals surface area contributed by atoms with Crippen LogP contribution in [0.25, 0.3) is 0 Å². The van der Waals surface area contributed by atoms with E-state index in [9.17, 15) is 9.90 Å². The normalized spacial score (nSPS) is 30.4. The van der Waals surface area contributed by atoms with Crippen molar-refractivity contribution in [2.24, 2.45) is 23.2 Å². The van der Waals surface area contributed by atoms with Crippen LogP contribution in [-0.2, 0) is 14.3 Å². The molecule has 0 amide bonds. The second-order valence-electron chi connectivity index (χ2n) is 12.0. The van der Waals surface area contributed by atoms with Crippen LogP contribution in [0.3, 0.4) is 0 Å². The molecule has 2 rings (SSSR count). The number of esters is 1. The second kappa shape index (κ2) is 10.0. The Balaban J connectivity index is 2.32. The van der Waals surface area contributed by atoms with Gasteiger partial charge in [-0.2, -0.15) is 0 Å². The van der Waals surface area contributed by atoms with E-state index in [0.29, 0.717) is 24.2 Å². The summed E-state index contributed by atoms with van der Waals surface area (Å²) in [5.41, 5.74) is 0.397. The maximum atomic E-state index is 12.0. The number of ether oxygens (including phenoxy) is 2. The van der Waals surface area contributed by atoms with Crippen LogP contribution in [0, 0.1) is 23.2 Å². The minimum absolute atomic E-state index is 0.0554. The van der Waals surface area contributed by atoms with Gasteiger partial charge in [0.2, 0.25) is 0 Å². The van der Waals surface area contributed by atoms with Crippen LogP contribution >= 0.6 is 0 Å². The van der Waals surface area contributed by atoms with Gasteiger partial charge in [0, 0.05) is 24.7 Å². The molecule has 0 heterocycles. The molecule has 2 aliphatic carbocycles. The molecule has 6 atom stereocenters. The number of rotatable bonds is 9. The van der Waals surface area contributed by atoms with Gasteiger partial charge < -0.3 is 14.6 Å². The van der Waals surface area contributed by atoms with E-state index >= 15 is 0 Å². The van der Waals surface area contributed by atoms with Gasteiger partial charge in [0.1, 0.15) is 0 Å². The van der Waals surface area contributed by atoms with Crippen molar-refractivity contribution >= 4 is 14.0 Å². The lowest BCUT2D eigenvalue weighted by Crippen LogP contribution is -2.54. The molecule has 0 aromatic heterocycles. The van der Waals surface area contributed by atoms with Crippen LogP contribution < -0.4 is 0 Å². The highest BCUT2D eigenvalue weighted by Crippen LogP contribution is 2.58. The zero-order chi connectivity index (χ0) is 22.7. The summed E-state index contributed by atoms with van der Waals surface area (Å²) in [6.07, 6.45) is 8.98. The topological polar surface area (TPSA) is 55.8 Å². The quantitative estimate of drug-likeness (QED) is 0.354. The summed E-state index contributed by atoms with van der Waals surface area (Å²) in [4.78, 5) is 12.0. The Kier molecular flexibility index (Phi) is 8.65. The fraction of sp³-hybridized carbons (Fsp3) is 0.960. The minimum Gasteiger partial charge on any atom is -0.469 e. The smallest absolute Gasteiger partial charge is 0.305 e. The van der Waals surface area contributed by atoms with Gasteiger partial charge in [-0.05, 0) is 54.4 Å². The van der Waals surface area contributed by atoms with Crippen molar-refractivity contribution in [2.45, 2.75) is 116 Å². The fourth-order valence-electron chi connectivity index (χ4n) is 5.99. The van der Waals surface area contributed by atoms with Crippen LogP contribution in [0.2, 0.25) is 18.1 Å². The molecule has 0 bridgehead atoms. The van der Waals surface area contributed by atoms with Crippen LogP contribution in [0.4, 0.5) is 0 Å². The minimum atomic E-state index is -1.87. The van der Waals surface area contributed by atoms with E-state index in [1.165, 1.54) is 45.6 Å². The average molecular weight is 441 g/mol. The fourth-order valence-corrected chi connectivity index (χ4v) is 8.32. The van der Waals surface area contributed by atoms with E-state index in [4.69, 9.17) is 9.47 Å². The van der Waals surface area contributed by atoms with E-state index < -0.39 is 8.07 Å². The molecule has 5 heteroatoms. The van der Waals surface area contributed by atoms with Crippen LogP contribution in [-0.4, -0.2) is 44.7 Å². The third-order valence-corrected chi connectivity index (χ3v) is 15.2. The van der Waals surface area contributed by atoms with Crippen molar-refractivity contribution in [3.05, 3.63) is 0 Å². The molecule has 2 fully saturated rings. The van der Waals surface area contributed by atoms with Gasteiger partial charge >= 0.3 is 5.97 Å². The number of methoxy groups -OCH3 is 1. The number of fused-ring (bicyclic) bond motifs is 1. The molecule has 6 unspecified atom stereocenters. The molecular weight excluding hydrogens is 392 g/mol. The van der Waals surface area contributed by atoms with E-state index in [-0.39, 0.29) is 35.4 Å². The van der Waals surface area contributed by atoms with Crippen molar-refractivity contribution < 1.29 is 19.4 Å². The Labute approximate surface area is 186 Å². The summed E-state index contributed by atoms with van der Waals surface area (Å²) in [7, 11) is -0.404. The SMILES string of the molecule is COC(=O)CCC(OC(C(C)CO)C1CCC2CCCCC21C)[Si](C)(C)C(C)(C)C. The summed E-state index contributed by atoms with van der Waals surface area (Å²) in [6.45, 7) is 16.5. The number of aliphatic hydroxyl groups excluding tert-OH is 1. The van der Waals surface area contributed by atoms with Gasteiger partial charge in [0.05, 0.1) is 21.3 Å². The van der Waals surface area contributed by atoms with Crippen LogP contribution in [0.15, 0.2) is 0 Å². The molecule has 2 saturated carbocycles. The second-order valence-corrected chi connectivity index (χ2v) is 17.6. The van der Waals surface area contributed by atoms with E-state index in [1.54, 1.807) is 0 Å². The molecule has 30 heavy (non-hydrogen) atoms. The maximum absolute atomic E-state index is 12.0. The lowest BCUT2D eigenvalue weighted by molar-refractivity contribution is -0.142. The Bertz CT molecular complexity index is 570. The van der Waals surface area contributed by atoms with E-state index in [1.807, 2.05) is 0 Å². The average Bonchev–Trinajstić information content (AvgIpc) is 3.03. The first-order chi connectivity index (χ1) is 13.9. The third kappa shape index (κ3) is 5.32. The first-order valence-electron chi connectivity index (χ1n) is 12.2. The number of aliphatic hydroxyl groups is 1. The Morgan fingerprint density at radius 1 is 1.20 bits per heavy atom. The number of carbonyl (C=O) groups excluding carboxylic acids is 1. The highest BCUT2D eigenvalue weighted by molar-refractivity contribution is 6.81. The molecule has 0 radical (unpaired) electrons. The van der Waals surface area contributed by atoms with Gasteiger partial charge in [0.15, 0.2) is 0 Å². The van der Waals surface area contributed by atoms with Crippen molar-refractivity contribution in [3.63, 3.8) is 0 Å². The number of hydrogen-bond donors (Lipinski definition) is 1. The van der Waals surface area contributed by atoms with Gasteiger partial charge in [-0.1, -0.05) is 60.6 Å². The van der Waals surface area contributed by atoms with Crippen molar-refractivity contribution in [2.75, 3.05) is 13.7 Å². The Morgan fingerprint density at radius 2 is 1.87 bits per heavy atom. The molecule has 0 aromatic rings. The molecule has 2 aliphatic rings. The monoisotopic (exact) mass is 440 g/mol. The van der Waals surface area contributed by atoms with Gasteiger partial charge in [-0.15, -0.1) is 0 Å². The first-order valence-corrected chi connectivity index (χ1v) is 15.3. The largest absolute Gasteiger partial charge is 0.469 e. The third-order valence-electron chi connectivity index (χ3n) is 9.27. The first kappa shape index (κ1) is 25.9. The van der Waals surface area contributed by atoms with Crippen molar-refractivity contribution in [1.82, 2.24) is 0 Å². The lowest BCUT2D eigenvalue weighted by Gasteiger charge is -2.49. The molecular formula is C25H48O4Si. The Morgan fingerprint density at radius 3 is 2.43 bits per heavy atom. The molecule has 1 N–H and O–H groups in total. The summed E-state index contributed by atoms with van der Waals surface area (Å²) in [6, 6.07) is 0. The lowest BCUT2D eigenvalue weighted by atomic mass is 9.63. The number of hydrogen-bond acceptors (Lipinski definition) is 4. The maximum Gasteiger partial charge on any atom is 0.305 e. The highest BCUT2D eigenvalue weighted by Gasteiger charge is 2.53.